The number of ether oxygens (including phenoxy) is 1. The lowest BCUT2D eigenvalue weighted by Gasteiger charge is -2.35. The van der Waals surface area contributed by atoms with Crippen molar-refractivity contribution in [2.24, 2.45) is 0 Å². The van der Waals surface area contributed by atoms with Crippen molar-refractivity contribution in [2.75, 3.05) is 23.9 Å². The minimum atomic E-state index is -0.540. The Balaban J connectivity index is 2.04. The Morgan fingerprint density at radius 1 is 1.36 bits per heavy atom. The number of para-hydroxylation sites is 1. The summed E-state index contributed by atoms with van der Waals surface area (Å²) in [7, 11) is 1.28. The van der Waals surface area contributed by atoms with E-state index < -0.39 is 10.9 Å². The molecule has 0 amide bonds. The van der Waals surface area contributed by atoms with Crippen LogP contribution in [0.2, 0.25) is 0 Å². The molecule has 1 aromatic carbocycles. The molecule has 1 aliphatic rings. The first-order valence-corrected chi connectivity index (χ1v) is 9.27. The highest BCUT2D eigenvalue weighted by molar-refractivity contribution is 5.96. The fourth-order valence-corrected chi connectivity index (χ4v) is 3.55. The molecule has 2 aromatic rings. The second kappa shape index (κ2) is 8.64. The molecular weight excluding hydrogens is 362 g/mol. The van der Waals surface area contributed by atoms with Gasteiger partial charge in [-0.15, -0.1) is 0 Å². The van der Waals surface area contributed by atoms with Crippen molar-refractivity contribution in [1.29, 1.82) is 0 Å². The smallest absolute Gasteiger partial charge is 0.353 e. The van der Waals surface area contributed by atoms with Crippen LogP contribution in [0.25, 0.3) is 0 Å². The molecule has 0 saturated carbocycles. The van der Waals surface area contributed by atoms with Gasteiger partial charge in [-0.05, 0) is 37.8 Å². The number of benzene rings is 1. The minimum absolute atomic E-state index is 0.0479. The van der Waals surface area contributed by atoms with Crippen molar-refractivity contribution in [3.05, 3.63) is 46.3 Å². The molecule has 1 saturated heterocycles. The largest absolute Gasteiger partial charge is 0.465 e. The lowest BCUT2D eigenvalue weighted by Crippen LogP contribution is -2.40. The number of methoxy groups -OCH3 is 1. The van der Waals surface area contributed by atoms with Crippen LogP contribution in [0.15, 0.2) is 30.6 Å². The van der Waals surface area contributed by atoms with Crippen LogP contribution in [-0.2, 0) is 4.74 Å². The Morgan fingerprint density at radius 2 is 2.14 bits per heavy atom. The van der Waals surface area contributed by atoms with Gasteiger partial charge in [0.25, 0.3) is 0 Å². The summed E-state index contributed by atoms with van der Waals surface area (Å²) in [5.74, 6) is -0.182. The third-order valence-electron chi connectivity index (χ3n) is 4.94. The zero-order chi connectivity index (χ0) is 20.1. The molecule has 1 unspecified atom stereocenters. The molecule has 0 radical (unpaired) electrons. The van der Waals surface area contributed by atoms with E-state index in [0.717, 1.165) is 25.7 Å². The van der Waals surface area contributed by atoms with E-state index >= 15 is 0 Å². The van der Waals surface area contributed by atoms with Gasteiger partial charge >= 0.3 is 11.7 Å². The summed E-state index contributed by atoms with van der Waals surface area (Å²) in [6, 6.07) is 6.85. The van der Waals surface area contributed by atoms with E-state index in [0.29, 0.717) is 18.1 Å². The maximum Gasteiger partial charge on any atom is 0.353 e. The molecule has 0 aliphatic carbocycles. The predicted octanol–water partition coefficient (Wildman–Crippen LogP) is 3.68. The Morgan fingerprint density at radius 3 is 2.86 bits per heavy atom. The summed E-state index contributed by atoms with van der Waals surface area (Å²) >= 11 is 0. The minimum Gasteiger partial charge on any atom is -0.465 e. The number of carbonyl (C=O) groups excluding carboxylic acids is 1. The molecule has 28 heavy (non-hydrogen) atoms. The number of nitrogens with zero attached hydrogens (tertiary/aromatic N) is 4. The first-order chi connectivity index (χ1) is 13.6. The summed E-state index contributed by atoms with van der Waals surface area (Å²) in [4.78, 5) is 33.8. The Kier molecular flexibility index (Phi) is 6.03. The van der Waals surface area contributed by atoms with E-state index in [-0.39, 0.29) is 23.1 Å². The van der Waals surface area contributed by atoms with E-state index in [2.05, 4.69) is 22.2 Å². The maximum atomic E-state index is 12.0. The maximum absolute atomic E-state index is 12.0. The van der Waals surface area contributed by atoms with Gasteiger partial charge in [0, 0.05) is 12.6 Å². The summed E-state index contributed by atoms with van der Waals surface area (Å²) in [6.07, 6.45) is 5.24. The van der Waals surface area contributed by atoms with Gasteiger partial charge in [-0.25, -0.2) is 14.8 Å². The number of hydrogen-bond acceptors (Lipinski definition) is 8. The molecule has 0 spiro atoms. The number of carbonyl (C=O) groups is 1. The van der Waals surface area contributed by atoms with Crippen molar-refractivity contribution in [1.82, 2.24) is 9.97 Å². The average Bonchev–Trinajstić information content (AvgIpc) is 2.73. The fraction of sp³-hybridized carbons (Fsp3) is 0.421. The monoisotopic (exact) mass is 385 g/mol. The zero-order valence-corrected chi connectivity index (χ0v) is 15.9. The van der Waals surface area contributed by atoms with Crippen molar-refractivity contribution < 1.29 is 14.5 Å². The number of anilines is 3. The number of esters is 1. The van der Waals surface area contributed by atoms with E-state index in [1.54, 1.807) is 24.3 Å². The summed E-state index contributed by atoms with van der Waals surface area (Å²) < 4.78 is 4.79. The van der Waals surface area contributed by atoms with Gasteiger partial charge in [0.05, 0.1) is 23.3 Å². The van der Waals surface area contributed by atoms with E-state index in [1.165, 1.54) is 13.4 Å². The molecule has 1 fully saturated rings. The summed E-state index contributed by atoms with van der Waals surface area (Å²) in [6.45, 7) is 2.79. The fourth-order valence-electron chi connectivity index (χ4n) is 3.55. The standard InChI is InChI=1S/C19H23N5O4/c1-3-13-8-6-7-11-23(13)18-16(24(26)27)17(20-12-21-18)22-15-10-5-4-9-14(15)19(25)28-2/h4-5,9-10,12-13H,3,6-8,11H2,1-2H3,(H,20,21,22). The number of nitrogens with one attached hydrogen (secondary N) is 1. The lowest BCUT2D eigenvalue weighted by molar-refractivity contribution is -0.383. The Bertz CT molecular complexity index is 873. The molecule has 9 nitrogen and oxygen atoms in total. The molecular formula is C19H23N5O4. The highest BCUT2D eigenvalue weighted by atomic mass is 16.6. The third kappa shape index (κ3) is 3.88. The number of hydrogen-bond donors (Lipinski definition) is 1. The van der Waals surface area contributed by atoms with Gasteiger partial charge in [0.1, 0.15) is 6.33 Å². The average molecular weight is 385 g/mol. The second-order valence-electron chi connectivity index (χ2n) is 6.57. The first kappa shape index (κ1) is 19.5. The van der Waals surface area contributed by atoms with E-state index in [1.807, 2.05) is 4.90 Å². The number of aromatic nitrogens is 2. The number of rotatable bonds is 6. The van der Waals surface area contributed by atoms with Crippen LogP contribution in [0.3, 0.4) is 0 Å². The molecule has 1 N–H and O–H groups in total. The van der Waals surface area contributed by atoms with Crippen LogP contribution in [0.1, 0.15) is 43.0 Å². The summed E-state index contributed by atoms with van der Waals surface area (Å²) in [5, 5.41) is 14.8. The van der Waals surface area contributed by atoms with Crippen LogP contribution >= 0.6 is 0 Å². The molecule has 1 aromatic heterocycles. The van der Waals surface area contributed by atoms with Gasteiger partial charge in [0.2, 0.25) is 11.6 Å². The highest BCUT2D eigenvalue weighted by Crippen LogP contribution is 2.37. The lowest BCUT2D eigenvalue weighted by atomic mass is 10.00. The number of piperidine rings is 1. The normalized spacial score (nSPS) is 16.5. The predicted molar refractivity (Wildman–Crippen MR) is 105 cm³/mol. The van der Waals surface area contributed by atoms with Crippen LogP contribution in [0.4, 0.5) is 23.0 Å². The van der Waals surface area contributed by atoms with Crippen LogP contribution < -0.4 is 10.2 Å². The molecule has 1 aliphatic heterocycles. The quantitative estimate of drug-likeness (QED) is 0.455. The third-order valence-corrected chi connectivity index (χ3v) is 4.94. The van der Waals surface area contributed by atoms with Gasteiger partial charge in [-0.1, -0.05) is 19.1 Å². The van der Waals surface area contributed by atoms with Gasteiger partial charge < -0.3 is 15.0 Å². The topological polar surface area (TPSA) is 110 Å². The second-order valence-corrected chi connectivity index (χ2v) is 6.57. The molecule has 9 heteroatoms. The number of nitro groups is 1. The van der Waals surface area contributed by atoms with Crippen LogP contribution in [0.5, 0.6) is 0 Å². The highest BCUT2D eigenvalue weighted by Gasteiger charge is 2.32. The van der Waals surface area contributed by atoms with Crippen molar-refractivity contribution in [3.8, 4) is 0 Å². The van der Waals surface area contributed by atoms with Crippen molar-refractivity contribution in [2.45, 2.75) is 38.6 Å². The molecule has 1 atom stereocenters. The molecule has 3 rings (SSSR count). The Labute approximate surface area is 162 Å². The molecule has 148 valence electrons. The van der Waals surface area contributed by atoms with Gasteiger partial charge in [0.15, 0.2) is 0 Å². The Hall–Kier alpha value is -3.23. The van der Waals surface area contributed by atoms with Crippen LogP contribution in [0, 0.1) is 10.1 Å². The molecule has 0 bridgehead atoms. The molecule has 2 heterocycles. The SMILES string of the molecule is CCC1CCCCN1c1ncnc(Nc2ccccc2C(=O)OC)c1[N+](=O)[O-]. The van der Waals surface area contributed by atoms with Gasteiger partial charge in [-0.3, -0.25) is 10.1 Å². The zero-order valence-electron chi connectivity index (χ0n) is 15.9. The van der Waals surface area contributed by atoms with E-state index in [9.17, 15) is 14.9 Å². The van der Waals surface area contributed by atoms with Crippen LogP contribution in [-0.4, -0.2) is 40.6 Å². The van der Waals surface area contributed by atoms with Crippen molar-refractivity contribution >= 4 is 29.0 Å². The first-order valence-electron chi connectivity index (χ1n) is 9.27. The summed E-state index contributed by atoms with van der Waals surface area (Å²) in [5.41, 5.74) is 0.458. The van der Waals surface area contributed by atoms with Crippen molar-refractivity contribution in [3.63, 3.8) is 0 Å². The van der Waals surface area contributed by atoms with E-state index in [4.69, 9.17) is 4.74 Å². The van der Waals surface area contributed by atoms with Gasteiger partial charge in [-0.2, -0.15) is 0 Å².